The summed E-state index contributed by atoms with van der Waals surface area (Å²) >= 11 is 0. The quantitative estimate of drug-likeness (QED) is 0.216. The molecule has 0 radical (unpaired) electrons. The minimum absolute atomic E-state index is 1.69. The first-order valence-electron chi connectivity index (χ1n) is 21.0. The number of hydrogen-bond donors (Lipinski definition) is 0. The van der Waals surface area contributed by atoms with E-state index >= 15 is 0 Å². The predicted molar refractivity (Wildman–Crippen MR) is 289 cm³/mol. The van der Waals surface area contributed by atoms with Crippen molar-refractivity contribution in [2.45, 2.75) is 210 Å². The van der Waals surface area contributed by atoms with Gasteiger partial charge in [-0.1, -0.05) is 170 Å². The highest BCUT2D eigenvalue weighted by Gasteiger charge is 2.92. The molecule has 310 valence electrons. The molecule has 0 aliphatic carbocycles. The topological polar surface area (TPSA) is 27.7 Å². The maximum atomic E-state index is 9.38. The Morgan fingerprint density at radius 3 is 0.481 bits per heavy atom. The third-order valence-electron chi connectivity index (χ3n) is 19.7. The highest BCUT2D eigenvalue weighted by Crippen LogP contribution is 2.62. The van der Waals surface area contributed by atoms with E-state index in [2.05, 4.69) is 210 Å². The molecule has 3 heterocycles. The molecule has 3 fully saturated rings. The van der Waals surface area contributed by atoms with Gasteiger partial charge in [-0.25, -0.2) is 0 Å². The van der Waals surface area contributed by atoms with Crippen LogP contribution in [0.1, 0.15) is 0 Å². The average molecular weight is 1010 g/mol. The molecule has 0 N–H and O–H groups in total. The Balaban J connectivity index is 4.00. The fourth-order valence-electron chi connectivity index (χ4n) is 15.2. The lowest BCUT2D eigenvalue weighted by atomic mass is 11.8. The van der Waals surface area contributed by atoms with Crippen LogP contribution >= 0.6 is 0 Å². The van der Waals surface area contributed by atoms with Crippen molar-refractivity contribution in [1.82, 2.24) is 0 Å². The van der Waals surface area contributed by atoms with Crippen LogP contribution in [0.5, 0.6) is 0 Å². The van der Waals surface area contributed by atoms with Gasteiger partial charge in [-0.3, -0.25) is 0 Å². The van der Waals surface area contributed by atoms with Gasteiger partial charge in [0, 0.05) is 45.5 Å². The fraction of sp³-hybridized carbons (Fsp3) is 1.00. The predicted octanol–water partition coefficient (Wildman–Crippen LogP) is 12.0. The zero-order chi connectivity index (χ0) is 42.6. The van der Waals surface area contributed by atoms with Crippen molar-refractivity contribution >= 4 is 124 Å². The van der Waals surface area contributed by atoms with Gasteiger partial charge < -0.3 is 12.3 Å². The van der Waals surface area contributed by atoms with Gasteiger partial charge in [0.2, 0.25) is 0 Å². The zero-order valence-electron chi connectivity index (χ0n) is 41.7. The van der Waals surface area contributed by atoms with Crippen LogP contribution in [0.4, 0.5) is 0 Å². The molecular formula is C32H96O3Si17. The Labute approximate surface area is 342 Å². The number of fused-ring (bicyclic) bond motifs is 6. The van der Waals surface area contributed by atoms with Crippen molar-refractivity contribution in [2.24, 2.45) is 0 Å². The van der Waals surface area contributed by atoms with E-state index in [1.165, 1.54) is 0 Å². The van der Waals surface area contributed by atoms with E-state index < -0.39 is 124 Å². The fourth-order valence-corrected chi connectivity index (χ4v) is 662. The van der Waals surface area contributed by atoms with Crippen molar-refractivity contribution in [2.75, 3.05) is 0 Å². The molecule has 0 amide bonds. The Bertz CT molecular complexity index is 1190. The Kier molecular flexibility index (Phi) is 13.2. The number of hydrogen-bond acceptors (Lipinski definition) is 3. The Hall–Kier alpha value is 3.57. The van der Waals surface area contributed by atoms with E-state index in [4.69, 9.17) is 0 Å². The van der Waals surface area contributed by atoms with Crippen LogP contribution < -0.4 is 0 Å². The van der Waals surface area contributed by atoms with E-state index in [0.717, 1.165) is 0 Å². The van der Waals surface area contributed by atoms with Crippen LogP contribution in [0.3, 0.4) is 0 Å². The standard InChI is InChI=1S/C32H96O3Si17/c1-36(2,3)48(28,37(4,5)6)45(25)33-42(19,20)51(31)43(21,22)34-46(26,49(29,38(7,8)9)39(10,11)12)52(45,32)47(27,35-44(51,23)24)50(30,40(13,14)15)41(16,17)18/h1-32H3/t45-,46-,47-,51?,52?/m0/s1. The van der Waals surface area contributed by atoms with E-state index in [1.54, 1.807) is 0 Å². The summed E-state index contributed by atoms with van der Waals surface area (Å²) < 4.78 is 28.1. The third-order valence-corrected chi connectivity index (χ3v) is 405. The van der Waals surface area contributed by atoms with Gasteiger partial charge in [0.25, 0.3) is 0 Å². The lowest BCUT2D eigenvalue weighted by Crippen LogP contribution is -3.13. The summed E-state index contributed by atoms with van der Waals surface area (Å²) in [5.74, 6) is 0. The summed E-state index contributed by atoms with van der Waals surface area (Å²) in [5, 5.41) is 0. The molecule has 0 saturated carbocycles. The van der Waals surface area contributed by atoms with Gasteiger partial charge in [0.1, 0.15) is 35.3 Å². The molecule has 3 nitrogen and oxygen atoms in total. The maximum absolute atomic E-state index is 9.38. The minimum Gasteiger partial charge on any atom is -0.463 e. The summed E-state index contributed by atoms with van der Waals surface area (Å²) in [6, 6.07) is 0. The van der Waals surface area contributed by atoms with E-state index in [9.17, 15) is 12.3 Å². The monoisotopic (exact) mass is 1000 g/mol. The second-order valence-corrected chi connectivity index (χ2v) is 210. The van der Waals surface area contributed by atoms with E-state index in [0.29, 0.717) is 0 Å². The number of rotatable bonds is 9. The molecular weight excluding hydrogens is 910 g/mol. The summed E-state index contributed by atoms with van der Waals surface area (Å²) in [4.78, 5) is 0. The lowest BCUT2D eigenvalue weighted by molar-refractivity contribution is 0.554. The second-order valence-electron chi connectivity index (χ2n) is 27.1. The van der Waals surface area contributed by atoms with Gasteiger partial charge in [0.15, 0.2) is 23.5 Å². The highest BCUT2D eigenvalue weighted by atomic mass is 30.4. The molecule has 3 atom stereocenters. The lowest BCUT2D eigenvalue weighted by Gasteiger charge is -2.81. The minimum atomic E-state index is -2.54. The summed E-state index contributed by atoms with van der Waals surface area (Å²) in [5.41, 5.74) is 0. The molecule has 3 aliphatic rings. The summed E-state index contributed by atoms with van der Waals surface area (Å²) in [7, 11) is -24.5. The first kappa shape index (κ1) is 51.7. The molecule has 3 saturated heterocycles. The van der Waals surface area contributed by atoms with Gasteiger partial charge in [-0.15, -0.1) is 0 Å². The third kappa shape index (κ3) is 6.04. The Morgan fingerprint density at radius 1 is 0.231 bits per heavy atom. The molecule has 0 unspecified atom stereocenters. The molecule has 0 aromatic rings. The molecule has 0 aromatic carbocycles. The zero-order valence-corrected chi connectivity index (χ0v) is 58.7. The van der Waals surface area contributed by atoms with Gasteiger partial charge in [-0.2, -0.15) is 0 Å². The van der Waals surface area contributed by atoms with Crippen LogP contribution in [-0.2, 0) is 12.3 Å². The Morgan fingerprint density at radius 2 is 0.365 bits per heavy atom. The molecule has 0 spiro atoms. The van der Waals surface area contributed by atoms with Crippen molar-refractivity contribution in [3.8, 4) is 0 Å². The first-order valence-corrected chi connectivity index (χ1v) is 85.4. The van der Waals surface area contributed by atoms with Crippen LogP contribution in [-0.4, -0.2) is 124 Å². The van der Waals surface area contributed by atoms with Crippen molar-refractivity contribution in [3.63, 3.8) is 0 Å². The van der Waals surface area contributed by atoms with Crippen molar-refractivity contribution < 1.29 is 12.3 Å². The first-order chi connectivity index (χ1) is 21.9. The maximum Gasteiger partial charge on any atom is 0.160 e. The molecule has 52 heavy (non-hydrogen) atoms. The molecule has 2 bridgehead atoms. The van der Waals surface area contributed by atoms with Gasteiger partial charge in [-0.05, 0) is 39.3 Å². The molecule has 3 rings (SSSR count). The van der Waals surface area contributed by atoms with Crippen LogP contribution in [0, 0.1) is 0 Å². The molecule has 20 heteroatoms. The summed E-state index contributed by atoms with van der Waals surface area (Å²) in [6.07, 6.45) is 0. The van der Waals surface area contributed by atoms with Crippen LogP contribution in [0.2, 0.25) is 210 Å². The van der Waals surface area contributed by atoms with Crippen molar-refractivity contribution in [1.29, 1.82) is 0 Å². The smallest absolute Gasteiger partial charge is 0.160 e. The van der Waals surface area contributed by atoms with E-state index in [-0.39, 0.29) is 0 Å². The molecule has 0 aromatic heterocycles. The normalized spacial score (nSPS) is 35.5. The molecule has 3 aliphatic heterocycles. The summed E-state index contributed by atoms with van der Waals surface area (Å²) in [6.45, 7) is 82.7. The van der Waals surface area contributed by atoms with Gasteiger partial charge in [0.05, 0.1) is 19.9 Å². The SMILES string of the molecule is C[Si](C)(C)[Si](C)([Si](C)(C)C)[Si@]1(C)O[Si](C)(C)[Si]2(C)[Si](C)(C)O[Si@@](C)([Si](C)([Si](C)(C)C)[Si](C)(C)C)[Si]1(C)[Si@](C)([Si](C)([Si](C)(C)C)[Si](C)(C)C)O[Si]2(C)C. The van der Waals surface area contributed by atoms with Gasteiger partial charge >= 0.3 is 0 Å². The van der Waals surface area contributed by atoms with Crippen LogP contribution in [0.25, 0.3) is 0 Å². The van der Waals surface area contributed by atoms with E-state index in [1.807, 2.05) is 0 Å². The van der Waals surface area contributed by atoms with Crippen LogP contribution in [0.15, 0.2) is 0 Å². The van der Waals surface area contributed by atoms with Crippen molar-refractivity contribution in [3.05, 3.63) is 0 Å². The largest absolute Gasteiger partial charge is 0.463 e. The highest BCUT2D eigenvalue weighted by molar-refractivity contribution is 8.24. The second kappa shape index (κ2) is 13.3. The average Bonchev–Trinajstić information content (AvgIpc) is 2.83.